The average molecular weight is 1820 g/mol. The minimum Gasteiger partial charge on any atom is -0.494 e. The van der Waals surface area contributed by atoms with E-state index in [1.54, 1.807) is 55.8 Å². The SMILES string of the molecule is CC(C)Cc1ccc(C(C)c2nc(-c3ccncc3)no2)cc1.CCOc1cc(OCC)cc(-c2nc(-c3ccncc3)no2)c1.CCOc1ccc(-c2nc(-c3cccc4[nH]ccc34)no2)cc1OCC.Cc1cc(Br)cc(-c2nc(-c3ccncc3)no2)c1.Cc1cnccc1-c1noc(C(C)c2ccc(CC(C)C)cc2)n1.c1cc(-c2noc(C3CCCC3)n2)ccn1. The molecule has 12 aromatic heterocycles. The number of hydrogen-bond acceptors (Lipinski definition) is 27. The minimum absolute atomic E-state index is 0.0708. The van der Waals surface area contributed by atoms with Crippen molar-refractivity contribution in [2.45, 2.75) is 139 Å². The van der Waals surface area contributed by atoms with Crippen molar-refractivity contribution in [2.24, 2.45) is 11.8 Å². The molecule has 1 N–H and O–H groups in total. The zero-order chi connectivity index (χ0) is 91.4. The van der Waals surface area contributed by atoms with Crippen molar-refractivity contribution in [3.63, 3.8) is 0 Å². The molecule has 1 aliphatic rings. The van der Waals surface area contributed by atoms with Crippen LogP contribution >= 0.6 is 15.9 Å². The first-order chi connectivity index (χ1) is 63.9. The number of aromatic nitrogens is 18. The number of benzene rings is 6. The van der Waals surface area contributed by atoms with Gasteiger partial charge < -0.3 is 51.1 Å². The maximum absolute atomic E-state index is 5.67. The number of pyridine rings is 5. The van der Waals surface area contributed by atoms with Gasteiger partial charge in [-0.1, -0.05) is 148 Å². The first-order valence-corrected chi connectivity index (χ1v) is 44.6. The Balaban J connectivity index is 0.000000127. The Hall–Kier alpha value is -14.9. The minimum atomic E-state index is 0.0708. The topological polar surface area (TPSA) is 351 Å². The summed E-state index contributed by atoms with van der Waals surface area (Å²) in [5.74, 6) is 11.7. The molecule has 12 heterocycles. The van der Waals surface area contributed by atoms with Crippen LogP contribution in [0.5, 0.6) is 23.0 Å². The number of nitrogens with zero attached hydrogens (tertiary/aromatic N) is 17. The van der Waals surface area contributed by atoms with Gasteiger partial charge in [0, 0.05) is 146 Å². The van der Waals surface area contributed by atoms with Crippen molar-refractivity contribution in [3.8, 4) is 126 Å². The third kappa shape index (κ3) is 25.1. The second-order valence-corrected chi connectivity index (χ2v) is 32.6. The van der Waals surface area contributed by atoms with Gasteiger partial charge in [-0.2, -0.15) is 29.9 Å². The molecule has 19 rings (SSSR count). The lowest BCUT2D eigenvalue weighted by atomic mass is 9.97. The Morgan fingerprint density at radius 2 is 0.824 bits per heavy atom. The van der Waals surface area contributed by atoms with Crippen LogP contribution < -0.4 is 18.9 Å². The van der Waals surface area contributed by atoms with E-state index in [0.29, 0.717) is 132 Å². The molecule has 1 fully saturated rings. The molecule has 29 heteroatoms. The molecule has 0 bridgehead atoms. The highest BCUT2D eigenvalue weighted by Gasteiger charge is 2.26. The summed E-state index contributed by atoms with van der Waals surface area (Å²) in [6, 6.07) is 59.3. The number of halogens is 1. The fraction of sp³-hybridized carbons (Fsp3) is 0.265. The van der Waals surface area contributed by atoms with Gasteiger partial charge in [-0.05, 0) is 242 Å². The van der Waals surface area contributed by atoms with Crippen LogP contribution in [0.4, 0.5) is 0 Å². The van der Waals surface area contributed by atoms with Gasteiger partial charge in [-0.3, -0.25) is 24.9 Å². The summed E-state index contributed by atoms with van der Waals surface area (Å²) in [5.41, 5.74) is 16.2. The highest BCUT2D eigenvalue weighted by molar-refractivity contribution is 9.10. The highest BCUT2D eigenvalue weighted by atomic mass is 79.9. The summed E-state index contributed by atoms with van der Waals surface area (Å²) in [7, 11) is 0. The van der Waals surface area contributed by atoms with Gasteiger partial charge in [-0.25, -0.2) is 0 Å². The predicted molar refractivity (Wildman–Crippen MR) is 504 cm³/mol. The van der Waals surface area contributed by atoms with Gasteiger partial charge in [0.25, 0.3) is 17.7 Å². The third-order valence-corrected chi connectivity index (χ3v) is 21.4. The largest absolute Gasteiger partial charge is 0.494 e. The van der Waals surface area contributed by atoms with E-state index in [2.05, 4.69) is 197 Å². The van der Waals surface area contributed by atoms with Gasteiger partial charge in [0.15, 0.2) is 11.5 Å². The van der Waals surface area contributed by atoms with E-state index in [1.807, 2.05) is 187 Å². The van der Waals surface area contributed by atoms with E-state index in [1.165, 1.54) is 47.9 Å². The van der Waals surface area contributed by atoms with E-state index in [-0.39, 0.29) is 11.8 Å². The first-order valence-electron chi connectivity index (χ1n) is 43.8. The predicted octanol–water partition coefficient (Wildman–Crippen LogP) is 24.2. The fourth-order valence-corrected chi connectivity index (χ4v) is 15.1. The molecule has 2 atom stereocenters. The molecule has 28 nitrogen and oxygen atoms in total. The van der Waals surface area contributed by atoms with Crippen LogP contribution in [0.15, 0.2) is 282 Å². The van der Waals surface area contributed by atoms with Gasteiger partial charge in [0.1, 0.15) is 11.5 Å². The number of H-pyrrole nitrogens is 1. The van der Waals surface area contributed by atoms with Crippen molar-refractivity contribution in [2.75, 3.05) is 26.4 Å². The molecular formula is C102H103BrN18O10. The molecular weight excluding hydrogens is 1720 g/mol. The zero-order valence-electron chi connectivity index (χ0n) is 75.2. The molecule has 668 valence electrons. The molecule has 0 aliphatic heterocycles. The fourth-order valence-electron chi connectivity index (χ4n) is 14.5. The summed E-state index contributed by atoms with van der Waals surface area (Å²) in [6.07, 6.45) is 26.3. The second kappa shape index (κ2) is 45.7. The number of ether oxygens (including phenoxy) is 4. The van der Waals surface area contributed by atoms with Crippen LogP contribution in [0.25, 0.3) is 114 Å². The summed E-state index contributed by atoms with van der Waals surface area (Å²) in [4.78, 5) is 50.2. The standard InChI is InChI=1S/C20H19N3O3.C20H23N3O.C19H21N3O.C17H17N3O3.C14H10BrN3O.C12H13N3O/c1-3-24-17-9-8-13(12-18(17)25-4-2)20-22-19(23-26-20)15-6-5-7-16-14(15)10-11-21-16;1-13(2)11-16-5-7-17(8-6-16)15(4)20-22-19(23-24-20)18-9-10-21-12-14(18)3;1-13(2)12-15-4-6-16(7-5-15)14(3)19-21-18(22-23-19)17-8-10-20-11-9-17;1-3-21-14-9-13(10-15(11-14)22-4-2)17-19-16(20-23-17)12-5-7-18-8-6-12;1-9-6-11(8-12(15)7-9)14-17-13(18-19-14)10-2-4-16-5-3-10;1-2-4-10(3-1)12-14-11(15-16-12)9-5-7-13-8-6-9/h5-12,21H,3-4H2,1-2H3;5-10,12-13,15H,11H2,1-4H3;4-11,13-14H,12H2,1-3H3;5-11H,3-4H2,1-2H3;2-8H,1H3;5-8,10H,1-4H2. The third-order valence-electron chi connectivity index (χ3n) is 21.0. The van der Waals surface area contributed by atoms with Gasteiger partial charge in [-0.15, -0.1) is 0 Å². The number of nitrogens with one attached hydrogen (secondary N) is 1. The molecule has 0 radical (unpaired) electrons. The maximum Gasteiger partial charge on any atom is 0.258 e. The Bertz CT molecular complexity index is 6510. The molecule has 2 unspecified atom stereocenters. The number of aryl methyl sites for hydroxylation is 2. The Morgan fingerprint density at radius 1 is 0.382 bits per heavy atom. The molecule has 1 aliphatic carbocycles. The monoisotopic (exact) mass is 1820 g/mol. The number of rotatable bonds is 26. The second-order valence-electron chi connectivity index (χ2n) is 31.7. The molecule has 0 saturated heterocycles. The number of fused-ring (bicyclic) bond motifs is 1. The van der Waals surface area contributed by atoms with Gasteiger partial charge in [0.2, 0.25) is 52.6 Å². The van der Waals surface area contributed by atoms with E-state index in [4.69, 9.17) is 46.1 Å². The van der Waals surface area contributed by atoms with Crippen LogP contribution in [0.1, 0.15) is 164 Å². The van der Waals surface area contributed by atoms with E-state index in [9.17, 15) is 0 Å². The van der Waals surface area contributed by atoms with Crippen LogP contribution in [-0.2, 0) is 12.8 Å². The van der Waals surface area contributed by atoms with Crippen LogP contribution in [0, 0.1) is 25.7 Å². The zero-order valence-corrected chi connectivity index (χ0v) is 76.8. The summed E-state index contributed by atoms with van der Waals surface area (Å²) in [6.45, 7) is 27.1. The van der Waals surface area contributed by atoms with Crippen molar-refractivity contribution >= 4 is 26.8 Å². The summed E-state index contributed by atoms with van der Waals surface area (Å²) < 4.78 is 55.9. The van der Waals surface area contributed by atoms with E-state index >= 15 is 0 Å². The van der Waals surface area contributed by atoms with Crippen LogP contribution in [0.3, 0.4) is 0 Å². The molecule has 131 heavy (non-hydrogen) atoms. The molecule has 0 spiro atoms. The molecule has 18 aromatic rings. The lowest BCUT2D eigenvalue weighted by Gasteiger charge is -2.11. The quantitative estimate of drug-likeness (QED) is 0.0526. The lowest BCUT2D eigenvalue weighted by Crippen LogP contribution is -1.98. The Morgan fingerprint density at radius 3 is 1.34 bits per heavy atom. The first kappa shape index (κ1) is 92.3. The van der Waals surface area contributed by atoms with Crippen molar-refractivity contribution < 1.29 is 46.1 Å². The van der Waals surface area contributed by atoms with E-state index in [0.717, 1.165) is 95.3 Å². The Labute approximate surface area is 768 Å². The highest BCUT2D eigenvalue weighted by Crippen LogP contribution is 2.38. The molecule has 0 amide bonds. The van der Waals surface area contributed by atoms with Gasteiger partial charge >= 0.3 is 0 Å². The normalized spacial score (nSPS) is 12.1. The van der Waals surface area contributed by atoms with Crippen LogP contribution in [-0.4, -0.2) is 117 Å². The smallest absolute Gasteiger partial charge is 0.258 e. The molecule has 6 aromatic carbocycles. The maximum atomic E-state index is 5.67. The summed E-state index contributed by atoms with van der Waals surface area (Å²) >= 11 is 3.46. The van der Waals surface area contributed by atoms with Crippen molar-refractivity contribution in [3.05, 3.63) is 306 Å². The van der Waals surface area contributed by atoms with Crippen LogP contribution in [0.2, 0.25) is 0 Å². The average Bonchev–Trinajstić information content (AvgIpc) is 1.39. The van der Waals surface area contributed by atoms with E-state index < -0.39 is 0 Å². The number of hydrogen-bond donors (Lipinski definition) is 1. The van der Waals surface area contributed by atoms with Crippen molar-refractivity contribution in [1.29, 1.82) is 0 Å². The molecule has 1 saturated carbocycles. The van der Waals surface area contributed by atoms with Crippen molar-refractivity contribution in [1.82, 2.24) is 90.7 Å². The number of aromatic amines is 1. The van der Waals surface area contributed by atoms with Gasteiger partial charge in [0.05, 0.1) is 38.3 Å². The summed E-state index contributed by atoms with van der Waals surface area (Å²) in [5, 5.41) is 25.5. The lowest BCUT2D eigenvalue weighted by molar-refractivity contribution is 0.288. The Kier molecular flexibility index (Phi) is 32.2.